The van der Waals surface area contributed by atoms with Gasteiger partial charge in [0.2, 0.25) is 0 Å². The Bertz CT molecular complexity index is 778. The summed E-state index contributed by atoms with van der Waals surface area (Å²) in [5, 5.41) is 0. The average Bonchev–Trinajstić information content (AvgIpc) is 2.53. The van der Waals surface area contributed by atoms with Gasteiger partial charge in [0, 0.05) is 11.4 Å². The Hall–Kier alpha value is -2.62. The summed E-state index contributed by atoms with van der Waals surface area (Å²) in [6, 6.07) is 12.5. The second kappa shape index (κ2) is 6.43. The quantitative estimate of drug-likeness (QED) is 0.230. The van der Waals surface area contributed by atoms with E-state index in [2.05, 4.69) is 10.3 Å². The number of amides is 1. The smallest absolute Gasteiger partial charge is 0.266 e. The third kappa shape index (κ3) is 3.52. The van der Waals surface area contributed by atoms with E-state index in [1.165, 1.54) is 18.2 Å². The number of benzene rings is 2. The van der Waals surface area contributed by atoms with Crippen molar-refractivity contribution in [1.82, 2.24) is 10.3 Å². The first-order chi connectivity index (χ1) is 10.4. The number of nitrogens with one attached hydrogen (secondary N) is 3. The second-order valence-electron chi connectivity index (χ2n) is 4.33. The van der Waals surface area contributed by atoms with E-state index in [4.69, 9.17) is 11.6 Å². The molecule has 0 aromatic heterocycles. The van der Waals surface area contributed by atoms with Crippen LogP contribution in [0.5, 0.6) is 0 Å². The van der Waals surface area contributed by atoms with E-state index in [1.807, 2.05) is 5.43 Å². The van der Waals surface area contributed by atoms with Gasteiger partial charge in [-0.3, -0.25) is 10.2 Å². The molecule has 0 unspecified atom stereocenters. The van der Waals surface area contributed by atoms with E-state index in [0.717, 1.165) is 0 Å². The molecule has 2 rings (SSSR count). The lowest BCUT2D eigenvalue weighted by Crippen LogP contribution is -2.34. The molecule has 2 aromatic rings. The fraction of sp³-hybridized carbons (Fsp3) is 0. The fourth-order valence-corrected chi connectivity index (χ4v) is 2.79. The number of hydrazine groups is 2. The molecule has 0 spiro atoms. The van der Waals surface area contributed by atoms with E-state index in [0.29, 0.717) is 5.69 Å². The van der Waals surface area contributed by atoms with E-state index in [-0.39, 0.29) is 16.1 Å². The van der Waals surface area contributed by atoms with Gasteiger partial charge in [-0.05, 0) is 30.3 Å². The highest BCUT2D eigenvalue weighted by atomic mass is 32.2. The van der Waals surface area contributed by atoms with Gasteiger partial charge in [-0.15, -0.1) is 4.83 Å². The first-order valence-corrected chi connectivity index (χ1v) is 7.65. The lowest BCUT2D eigenvalue weighted by Gasteiger charge is -2.12. The number of rotatable bonds is 5. The zero-order valence-electron chi connectivity index (χ0n) is 11.4. The molecule has 0 fully saturated rings. The van der Waals surface area contributed by atoms with E-state index >= 15 is 0 Å². The molecule has 0 aliphatic heterocycles. The Morgan fingerprint density at radius 1 is 1.05 bits per heavy atom. The van der Waals surface area contributed by atoms with Crippen LogP contribution in [0, 0.1) is 0 Å². The van der Waals surface area contributed by atoms with Crippen LogP contribution in [0.25, 0.3) is 0 Å². The summed E-state index contributed by atoms with van der Waals surface area (Å²) in [5.41, 5.74) is 10.7. The van der Waals surface area contributed by atoms with Crippen LogP contribution >= 0.6 is 0 Å². The Kier molecular flexibility index (Phi) is 4.61. The molecule has 0 atom stereocenters. The van der Waals surface area contributed by atoms with Crippen molar-refractivity contribution >= 4 is 27.3 Å². The number of carbonyl (C=O) groups is 1. The summed E-state index contributed by atoms with van der Waals surface area (Å²) in [6.45, 7) is 0. The van der Waals surface area contributed by atoms with Crippen molar-refractivity contribution in [3.63, 3.8) is 0 Å². The number of hydrogen-bond donors (Lipinski definition) is 5. The fourth-order valence-electron chi connectivity index (χ4n) is 1.74. The van der Waals surface area contributed by atoms with Crippen molar-refractivity contribution in [2.75, 3.05) is 11.2 Å². The number of nitrogen functional groups attached to an aromatic ring is 2. The number of carbonyl (C=O) groups excluding carboxylic acids is 1. The monoisotopic (exact) mass is 321 g/mol. The number of nitrogens with two attached hydrogens (primary N) is 2. The molecule has 0 saturated heterocycles. The standard InChI is InChI=1S/C13H15N5O3S/c14-9-6-7-12(11(8-9)13(19)16-15)22(20,21)18-17-10-4-2-1-3-5-10/h1-8,17-18H,14-15H2,(H,16,19). The third-order valence-electron chi connectivity index (χ3n) is 2.77. The third-order valence-corrected chi connectivity index (χ3v) is 4.08. The zero-order chi connectivity index (χ0) is 16.2. The van der Waals surface area contributed by atoms with Crippen molar-refractivity contribution in [2.45, 2.75) is 4.90 Å². The molecular formula is C13H15N5O3S. The summed E-state index contributed by atoms with van der Waals surface area (Å²) in [6.07, 6.45) is 0. The topological polar surface area (TPSA) is 139 Å². The molecule has 22 heavy (non-hydrogen) atoms. The van der Waals surface area contributed by atoms with Gasteiger partial charge in [-0.1, -0.05) is 18.2 Å². The van der Waals surface area contributed by atoms with E-state index < -0.39 is 15.9 Å². The van der Waals surface area contributed by atoms with E-state index in [9.17, 15) is 13.2 Å². The number of para-hydroxylation sites is 1. The number of anilines is 2. The largest absolute Gasteiger partial charge is 0.399 e. The lowest BCUT2D eigenvalue weighted by atomic mass is 10.2. The van der Waals surface area contributed by atoms with Crippen molar-refractivity contribution in [2.24, 2.45) is 5.84 Å². The molecule has 116 valence electrons. The van der Waals surface area contributed by atoms with Gasteiger partial charge < -0.3 is 11.2 Å². The van der Waals surface area contributed by atoms with Crippen molar-refractivity contribution < 1.29 is 13.2 Å². The highest BCUT2D eigenvalue weighted by Crippen LogP contribution is 2.19. The van der Waals surface area contributed by atoms with Crippen LogP contribution < -0.4 is 27.3 Å². The molecule has 7 N–H and O–H groups in total. The van der Waals surface area contributed by atoms with Crippen LogP contribution in [0.15, 0.2) is 53.4 Å². The van der Waals surface area contributed by atoms with Crippen LogP contribution in [0.4, 0.5) is 11.4 Å². The minimum absolute atomic E-state index is 0.148. The van der Waals surface area contributed by atoms with Crippen molar-refractivity contribution in [3.05, 3.63) is 54.1 Å². The van der Waals surface area contributed by atoms with Crippen LogP contribution in [-0.4, -0.2) is 14.3 Å². The highest BCUT2D eigenvalue weighted by Gasteiger charge is 2.22. The SMILES string of the molecule is NNC(=O)c1cc(N)ccc1S(=O)(=O)NNc1ccccc1. The maximum atomic E-state index is 12.3. The number of hydrogen-bond acceptors (Lipinski definition) is 6. The molecule has 0 bridgehead atoms. The Morgan fingerprint density at radius 3 is 2.36 bits per heavy atom. The molecule has 9 heteroatoms. The first kappa shape index (κ1) is 15.8. The van der Waals surface area contributed by atoms with Gasteiger partial charge in [-0.25, -0.2) is 14.3 Å². The minimum Gasteiger partial charge on any atom is -0.399 e. The van der Waals surface area contributed by atoms with Gasteiger partial charge in [0.15, 0.2) is 0 Å². The van der Waals surface area contributed by atoms with Crippen LogP contribution in [-0.2, 0) is 10.0 Å². The van der Waals surface area contributed by atoms with Gasteiger partial charge in [-0.2, -0.15) is 0 Å². The molecule has 0 aliphatic rings. The van der Waals surface area contributed by atoms with Gasteiger partial charge >= 0.3 is 0 Å². The summed E-state index contributed by atoms with van der Waals surface area (Å²) in [5.74, 6) is 4.30. The lowest BCUT2D eigenvalue weighted by molar-refractivity contribution is 0.0950. The van der Waals surface area contributed by atoms with Crippen LogP contribution in [0.1, 0.15) is 10.4 Å². The average molecular weight is 321 g/mol. The molecular weight excluding hydrogens is 306 g/mol. The Balaban J connectivity index is 2.31. The Morgan fingerprint density at radius 2 is 1.73 bits per heavy atom. The zero-order valence-corrected chi connectivity index (χ0v) is 12.2. The molecule has 1 amide bonds. The predicted octanol–water partition coefficient (Wildman–Crippen LogP) is 0.178. The predicted molar refractivity (Wildman–Crippen MR) is 82.9 cm³/mol. The summed E-state index contributed by atoms with van der Waals surface area (Å²) < 4.78 is 24.6. The molecule has 0 aliphatic carbocycles. The van der Waals surface area contributed by atoms with Crippen LogP contribution in [0.3, 0.4) is 0 Å². The van der Waals surface area contributed by atoms with Crippen molar-refractivity contribution in [1.29, 1.82) is 0 Å². The summed E-state index contributed by atoms with van der Waals surface area (Å²) in [7, 11) is -3.99. The molecule has 8 nitrogen and oxygen atoms in total. The minimum atomic E-state index is -3.99. The molecule has 0 heterocycles. The summed E-state index contributed by atoms with van der Waals surface area (Å²) in [4.78, 5) is 13.7. The van der Waals surface area contributed by atoms with E-state index in [1.54, 1.807) is 30.3 Å². The molecule has 0 saturated carbocycles. The summed E-state index contributed by atoms with van der Waals surface area (Å²) >= 11 is 0. The van der Waals surface area contributed by atoms with Gasteiger partial charge in [0.25, 0.3) is 15.9 Å². The Labute approximate surface area is 127 Å². The highest BCUT2D eigenvalue weighted by molar-refractivity contribution is 7.89. The van der Waals surface area contributed by atoms with Gasteiger partial charge in [0.1, 0.15) is 0 Å². The van der Waals surface area contributed by atoms with Crippen LogP contribution in [0.2, 0.25) is 0 Å². The molecule has 0 radical (unpaired) electrons. The normalized spacial score (nSPS) is 11.0. The van der Waals surface area contributed by atoms with Crippen molar-refractivity contribution in [3.8, 4) is 0 Å². The second-order valence-corrected chi connectivity index (χ2v) is 5.98. The molecule has 2 aromatic carbocycles. The first-order valence-electron chi connectivity index (χ1n) is 6.17. The van der Waals surface area contributed by atoms with Gasteiger partial charge in [0.05, 0.1) is 10.5 Å². The number of sulfonamides is 1. The maximum absolute atomic E-state index is 12.3. The maximum Gasteiger partial charge on any atom is 0.266 e.